The van der Waals surface area contributed by atoms with Gasteiger partial charge in [-0.05, 0) is 37.0 Å². The number of para-hydroxylation sites is 1. The Balaban J connectivity index is 1.87. The number of unbranched alkanes of at least 4 members (excludes halogenated alkanes) is 2. The van der Waals surface area contributed by atoms with E-state index in [0.29, 0.717) is 0 Å². The van der Waals surface area contributed by atoms with Crippen LogP contribution in [0.3, 0.4) is 0 Å². The van der Waals surface area contributed by atoms with Gasteiger partial charge in [-0.2, -0.15) is 0 Å². The highest BCUT2D eigenvalue weighted by Gasteiger charge is 2.15. The van der Waals surface area contributed by atoms with Crippen LogP contribution in [0.4, 0.5) is 0 Å². The van der Waals surface area contributed by atoms with Crippen molar-refractivity contribution in [3.63, 3.8) is 0 Å². The Morgan fingerprint density at radius 1 is 1.00 bits per heavy atom. The van der Waals surface area contributed by atoms with Gasteiger partial charge in [-0.3, -0.25) is 0 Å². The van der Waals surface area contributed by atoms with Gasteiger partial charge in [-0.15, -0.1) is 0 Å². The molecular weight excluding hydrogens is 400 g/mol. The molecule has 4 heteroatoms. The highest BCUT2D eigenvalue weighted by Crippen LogP contribution is 2.31. The van der Waals surface area contributed by atoms with Crippen molar-refractivity contribution in [1.29, 1.82) is 0 Å². The van der Waals surface area contributed by atoms with Crippen LogP contribution in [0.15, 0.2) is 59.3 Å². The predicted octanol–water partition coefficient (Wildman–Crippen LogP) is 6.30. The van der Waals surface area contributed by atoms with Crippen LogP contribution >= 0.6 is 15.9 Å². The molecule has 3 rings (SSSR count). The zero-order valence-corrected chi connectivity index (χ0v) is 17.7. The average molecular weight is 427 g/mol. The zero-order chi connectivity index (χ0) is 19.1. The summed E-state index contributed by atoms with van der Waals surface area (Å²) in [6, 6.07) is 16.6. The molecule has 0 aliphatic rings. The Hall–Kier alpha value is -2.07. The quantitative estimate of drug-likeness (QED) is 0.375. The first kappa shape index (κ1) is 19.7. The third kappa shape index (κ3) is 4.81. The average Bonchev–Trinajstić information content (AvgIpc) is 3.09. The number of rotatable bonds is 9. The molecule has 0 fully saturated rings. The summed E-state index contributed by atoms with van der Waals surface area (Å²) in [7, 11) is 1.73. The van der Waals surface area contributed by atoms with E-state index in [2.05, 4.69) is 57.8 Å². The lowest BCUT2D eigenvalue weighted by Gasteiger charge is -2.13. The van der Waals surface area contributed by atoms with Crippen LogP contribution in [0.5, 0.6) is 5.75 Å². The van der Waals surface area contributed by atoms with Gasteiger partial charge in [0.05, 0.1) is 19.1 Å². The van der Waals surface area contributed by atoms with E-state index in [9.17, 15) is 0 Å². The normalized spacial score (nSPS) is 10.9. The number of halogens is 1. The van der Waals surface area contributed by atoms with E-state index in [1.807, 2.05) is 24.5 Å². The highest BCUT2D eigenvalue weighted by molar-refractivity contribution is 9.10. The number of imidazole rings is 1. The van der Waals surface area contributed by atoms with Gasteiger partial charge in [-0.25, -0.2) is 4.98 Å². The molecule has 0 N–H and O–H groups in total. The number of benzene rings is 2. The molecule has 0 aliphatic carbocycles. The molecular formula is C23H27BrN2O. The number of hydrogen-bond donors (Lipinski definition) is 0. The van der Waals surface area contributed by atoms with Gasteiger partial charge in [0.25, 0.3) is 0 Å². The van der Waals surface area contributed by atoms with E-state index in [0.717, 1.165) is 35.3 Å². The summed E-state index contributed by atoms with van der Waals surface area (Å²) in [5.41, 5.74) is 4.82. The van der Waals surface area contributed by atoms with Crippen LogP contribution < -0.4 is 4.74 Å². The van der Waals surface area contributed by atoms with Gasteiger partial charge in [-0.1, -0.05) is 72.1 Å². The van der Waals surface area contributed by atoms with E-state index < -0.39 is 0 Å². The molecule has 1 heterocycles. The van der Waals surface area contributed by atoms with Gasteiger partial charge in [0, 0.05) is 22.3 Å². The van der Waals surface area contributed by atoms with Crippen molar-refractivity contribution in [2.45, 2.75) is 45.6 Å². The van der Waals surface area contributed by atoms with Crippen LogP contribution in [0.2, 0.25) is 0 Å². The zero-order valence-electron chi connectivity index (χ0n) is 16.1. The van der Waals surface area contributed by atoms with Gasteiger partial charge < -0.3 is 9.30 Å². The summed E-state index contributed by atoms with van der Waals surface area (Å²) in [4.78, 5) is 4.78. The van der Waals surface area contributed by atoms with Gasteiger partial charge in [0.2, 0.25) is 0 Å². The maximum Gasteiger partial charge on any atom is 0.122 e. The van der Waals surface area contributed by atoms with Crippen LogP contribution in [-0.2, 0) is 19.4 Å². The number of methoxy groups -OCH3 is 1. The lowest BCUT2D eigenvalue weighted by atomic mass is 10.1. The molecule has 27 heavy (non-hydrogen) atoms. The molecule has 1 aromatic heterocycles. The van der Waals surface area contributed by atoms with Gasteiger partial charge in [0.15, 0.2) is 0 Å². The standard InChI is InChI=1S/C23H27BrN2O/c1-3-4-5-13-21-23(19-11-7-8-12-20(19)24)25-17-26(21)16-15-18-10-6-9-14-22(18)27-2/h6-12,14,17H,3-5,13,15-16H2,1-2H3. The Morgan fingerprint density at radius 2 is 1.78 bits per heavy atom. The Kier molecular flexibility index (Phi) is 7.11. The maximum atomic E-state index is 5.50. The first-order valence-corrected chi connectivity index (χ1v) is 10.4. The summed E-state index contributed by atoms with van der Waals surface area (Å²) in [5, 5.41) is 0. The summed E-state index contributed by atoms with van der Waals surface area (Å²) in [5.74, 6) is 0.955. The van der Waals surface area contributed by atoms with Crippen LogP contribution in [0.1, 0.15) is 37.4 Å². The summed E-state index contributed by atoms with van der Waals surface area (Å²) < 4.78 is 8.91. The Morgan fingerprint density at radius 3 is 2.56 bits per heavy atom. The molecule has 3 nitrogen and oxygen atoms in total. The molecule has 0 saturated carbocycles. The second-order valence-corrected chi connectivity index (χ2v) is 7.59. The van der Waals surface area contributed by atoms with Crippen LogP contribution in [0, 0.1) is 0 Å². The topological polar surface area (TPSA) is 27.1 Å². The van der Waals surface area contributed by atoms with Gasteiger partial charge >= 0.3 is 0 Å². The molecule has 0 amide bonds. The SMILES string of the molecule is CCCCCc1c(-c2ccccc2Br)ncn1CCc1ccccc1OC. The summed E-state index contributed by atoms with van der Waals surface area (Å²) in [6.07, 6.45) is 7.62. The van der Waals surface area contributed by atoms with Crippen molar-refractivity contribution in [2.75, 3.05) is 7.11 Å². The molecule has 0 saturated heterocycles. The second-order valence-electron chi connectivity index (χ2n) is 6.73. The second kappa shape index (κ2) is 9.75. The molecule has 0 aliphatic heterocycles. The predicted molar refractivity (Wildman–Crippen MR) is 115 cm³/mol. The van der Waals surface area contributed by atoms with Crippen molar-refractivity contribution in [2.24, 2.45) is 0 Å². The largest absolute Gasteiger partial charge is 0.496 e. The van der Waals surface area contributed by atoms with Gasteiger partial charge in [0.1, 0.15) is 5.75 Å². The lowest BCUT2D eigenvalue weighted by Crippen LogP contribution is -2.06. The number of nitrogens with zero attached hydrogens (tertiary/aromatic N) is 2. The third-order valence-corrected chi connectivity index (χ3v) is 5.60. The molecule has 0 bridgehead atoms. The molecule has 0 unspecified atom stereocenters. The smallest absolute Gasteiger partial charge is 0.122 e. The first-order valence-electron chi connectivity index (χ1n) is 9.65. The van der Waals surface area contributed by atoms with Crippen molar-refractivity contribution in [3.8, 4) is 17.0 Å². The minimum Gasteiger partial charge on any atom is -0.496 e. The minimum absolute atomic E-state index is 0.902. The first-order chi connectivity index (χ1) is 13.2. The molecule has 0 radical (unpaired) electrons. The van der Waals surface area contributed by atoms with Crippen molar-refractivity contribution >= 4 is 15.9 Å². The fourth-order valence-corrected chi connectivity index (χ4v) is 3.91. The number of aromatic nitrogens is 2. The van der Waals surface area contributed by atoms with E-state index in [1.54, 1.807) is 7.11 Å². The fraction of sp³-hybridized carbons (Fsp3) is 0.348. The molecule has 3 aromatic rings. The molecule has 2 aromatic carbocycles. The van der Waals surface area contributed by atoms with Crippen molar-refractivity contribution < 1.29 is 4.74 Å². The van der Waals surface area contributed by atoms with E-state index in [-0.39, 0.29) is 0 Å². The third-order valence-electron chi connectivity index (χ3n) is 4.91. The van der Waals surface area contributed by atoms with E-state index >= 15 is 0 Å². The Labute approximate surface area is 170 Å². The highest BCUT2D eigenvalue weighted by atomic mass is 79.9. The van der Waals surface area contributed by atoms with E-state index in [1.165, 1.54) is 36.1 Å². The monoisotopic (exact) mass is 426 g/mol. The molecule has 0 atom stereocenters. The number of aryl methyl sites for hydroxylation is 2. The summed E-state index contributed by atoms with van der Waals surface area (Å²) in [6.45, 7) is 3.15. The summed E-state index contributed by atoms with van der Waals surface area (Å²) >= 11 is 3.69. The lowest BCUT2D eigenvalue weighted by molar-refractivity contribution is 0.408. The molecule has 142 valence electrons. The van der Waals surface area contributed by atoms with Crippen molar-refractivity contribution in [1.82, 2.24) is 9.55 Å². The fourth-order valence-electron chi connectivity index (χ4n) is 3.43. The number of ether oxygens (including phenoxy) is 1. The van der Waals surface area contributed by atoms with Crippen LogP contribution in [0.25, 0.3) is 11.3 Å². The molecule has 0 spiro atoms. The van der Waals surface area contributed by atoms with Crippen LogP contribution in [-0.4, -0.2) is 16.7 Å². The van der Waals surface area contributed by atoms with Crippen molar-refractivity contribution in [3.05, 3.63) is 70.6 Å². The minimum atomic E-state index is 0.902. The Bertz CT molecular complexity index is 872. The maximum absolute atomic E-state index is 5.50. The number of hydrogen-bond acceptors (Lipinski definition) is 2. The van der Waals surface area contributed by atoms with E-state index in [4.69, 9.17) is 9.72 Å².